The van der Waals surface area contributed by atoms with E-state index in [1.807, 2.05) is 6.07 Å². The number of aromatic nitrogens is 2. The second-order valence-electron chi connectivity index (χ2n) is 2.95. The van der Waals surface area contributed by atoms with E-state index >= 15 is 0 Å². The number of hydrogen-bond acceptors (Lipinski definition) is 4. The van der Waals surface area contributed by atoms with Gasteiger partial charge in [0.25, 0.3) is 5.56 Å². The zero-order valence-electron chi connectivity index (χ0n) is 7.98. The molecule has 0 bridgehead atoms. The highest BCUT2D eigenvalue weighted by atomic mass is 79.9. The maximum absolute atomic E-state index is 11.3. The van der Waals surface area contributed by atoms with Gasteiger partial charge in [0, 0.05) is 4.90 Å². The third-order valence-corrected chi connectivity index (χ3v) is 3.79. The second-order valence-corrected chi connectivity index (χ2v) is 4.81. The number of phenols is 1. The summed E-state index contributed by atoms with van der Waals surface area (Å²) in [5, 5.41) is 9.87. The van der Waals surface area contributed by atoms with E-state index in [1.54, 1.807) is 18.2 Å². The Kier molecular flexibility index (Phi) is 3.31. The van der Waals surface area contributed by atoms with Gasteiger partial charge in [-0.05, 0) is 34.1 Å². The minimum Gasteiger partial charge on any atom is -0.508 e. The molecule has 0 aliphatic rings. The third-order valence-electron chi connectivity index (χ3n) is 1.80. The van der Waals surface area contributed by atoms with E-state index in [0.717, 1.165) is 4.90 Å². The van der Waals surface area contributed by atoms with Gasteiger partial charge in [-0.3, -0.25) is 4.79 Å². The van der Waals surface area contributed by atoms with Crippen LogP contribution in [0.2, 0.25) is 0 Å². The van der Waals surface area contributed by atoms with Crippen LogP contribution in [-0.2, 0) is 0 Å². The topological polar surface area (TPSA) is 66.0 Å². The normalized spacial score (nSPS) is 10.3. The molecule has 1 aromatic carbocycles. The highest BCUT2D eigenvalue weighted by Gasteiger charge is 2.07. The van der Waals surface area contributed by atoms with Gasteiger partial charge in [0.2, 0.25) is 0 Å². The van der Waals surface area contributed by atoms with E-state index in [2.05, 4.69) is 25.9 Å². The summed E-state index contributed by atoms with van der Waals surface area (Å²) in [5.41, 5.74) is -0.224. The minimum absolute atomic E-state index is 0.186. The van der Waals surface area contributed by atoms with Crippen molar-refractivity contribution >= 4 is 27.7 Å². The Morgan fingerprint density at radius 2 is 2.25 bits per heavy atom. The predicted octanol–water partition coefficient (Wildman–Crippen LogP) is 2.39. The van der Waals surface area contributed by atoms with Crippen molar-refractivity contribution in [3.8, 4) is 5.75 Å². The Labute approximate surface area is 104 Å². The number of aromatic hydroxyl groups is 1. The second kappa shape index (κ2) is 4.71. The Bertz CT molecular complexity index is 571. The van der Waals surface area contributed by atoms with Crippen LogP contribution in [0.3, 0.4) is 0 Å². The van der Waals surface area contributed by atoms with Crippen LogP contribution in [0, 0.1) is 0 Å². The van der Waals surface area contributed by atoms with E-state index in [0.29, 0.717) is 9.50 Å². The molecule has 16 heavy (non-hydrogen) atoms. The number of phenolic OH excluding ortho intramolecular Hbond substituents is 1. The van der Waals surface area contributed by atoms with Crippen LogP contribution >= 0.6 is 27.7 Å². The van der Waals surface area contributed by atoms with Crippen molar-refractivity contribution < 1.29 is 5.11 Å². The molecule has 1 aromatic heterocycles. The molecule has 4 nitrogen and oxygen atoms in total. The Hall–Kier alpha value is -1.27. The van der Waals surface area contributed by atoms with Crippen LogP contribution in [0.25, 0.3) is 0 Å². The third kappa shape index (κ3) is 2.45. The summed E-state index contributed by atoms with van der Waals surface area (Å²) in [7, 11) is 0. The first-order valence-electron chi connectivity index (χ1n) is 4.37. The lowest BCUT2D eigenvalue weighted by atomic mass is 10.3. The van der Waals surface area contributed by atoms with Crippen molar-refractivity contribution in [2.75, 3.05) is 0 Å². The minimum atomic E-state index is -0.224. The molecule has 0 spiro atoms. The highest BCUT2D eigenvalue weighted by molar-refractivity contribution is 9.10. The lowest BCUT2D eigenvalue weighted by Crippen LogP contribution is -2.07. The summed E-state index contributed by atoms with van der Waals surface area (Å²) in [6, 6.07) is 6.77. The molecule has 6 heteroatoms. The molecule has 2 N–H and O–H groups in total. The first kappa shape index (κ1) is 11.2. The number of hydrogen-bond donors (Lipinski definition) is 2. The average molecular weight is 299 g/mol. The van der Waals surface area contributed by atoms with Crippen LogP contribution in [0.4, 0.5) is 0 Å². The molecular formula is C10H7BrN2O2S. The van der Waals surface area contributed by atoms with Gasteiger partial charge in [-0.2, -0.15) is 0 Å². The molecule has 0 radical (unpaired) electrons. The molecule has 0 aliphatic carbocycles. The van der Waals surface area contributed by atoms with Gasteiger partial charge in [0.15, 0.2) is 0 Å². The van der Waals surface area contributed by atoms with Crippen molar-refractivity contribution in [2.45, 2.75) is 9.92 Å². The van der Waals surface area contributed by atoms with Crippen molar-refractivity contribution in [2.24, 2.45) is 0 Å². The molecule has 2 rings (SSSR count). The fourth-order valence-electron chi connectivity index (χ4n) is 1.10. The molecule has 0 fully saturated rings. The summed E-state index contributed by atoms with van der Waals surface area (Å²) in [4.78, 5) is 18.6. The van der Waals surface area contributed by atoms with Crippen LogP contribution in [0.15, 0.2) is 49.8 Å². The van der Waals surface area contributed by atoms with E-state index in [-0.39, 0.29) is 11.3 Å². The standard InChI is InChI=1S/C10H7BrN2O2S/c11-8-9(15)12-5-13-10(8)16-7-3-1-2-6(14)4-7/h1-5,14H,(H,12,13,15). The largest absolute Gasteiger partial charge is 0.508 e. The molecule has 2 aromatic rings. The van der Waals surface area contributed by atoms with Gasteiger partial charge in [0.1, 0.15) is 15.2 Å². The maximum atomic E-state index is 11.3. The number of benzene rings is 1. The molecule has 0 aliphatic heterocycles. The Morgan fingerprint density at radius 1 is 1.44 bits per heavy atom. The molecule has 0 amide bonds. The monoisotopic (exact) mass is 298 g/mol. The lowest BCUT2D eigenvalue weighted by molar-refractivity contribution is 0.474. The summed E-state index contributed by atoms with van der Waals surface area (Å²) < 4.78 is 0.392. The quantitative estimate of drug-likeness (QED) is 0.836. The molecule has 0 saturated heterocycles. The van der Waals surface area contributed by atoms with E-state index in [1.165, 1.54) is 18.1 Å². The van der Waals surface area contributed by atoms with Crippen LogP contribution in [0.5, 0.6) is 5.75 Å². The van der Waals surface area contributed by atoms with Gasteiger partial charge < -0.3 is 10.1 Å². The van der Waals surface area contributed by atoms with Crippen LogP contribution < -0.4 is 5.56 Å². The fourth-order valence-corrected chi connectivity index (χ4v) is 2.39. The van der Waals surface area contributed by atoms with E-state index in [9.17, 15) is 9.90 Å². The van der Waals surface area contributed by atoms with Gasteiger partial charge in [-0.25, -0.2) is 4.98 Å². The number of rotatable bonds is 2. The average Bonchev–Trinajstić information content (AvgIpc) is 2.25. The molecule has 0 unspecified atom stereocenters. The van der Waals surface area contributed by atoms with Gasteiger partial charge in [0.05, 0.1) is 6.33 Å². The van der Waals surface area contributed by atoms with Crippen LogP contribution in [0.1, 0.15) is 0 Å². The van der Waals surface area contributed by atoms with Crippen molar-refractivity contribution in [3.63, 3.8) is 0 Å². The SMILES string of the molecule is O=c1[nH]cnc(Sc2cccc(O)c2)c1Br. The predicted molar refractivity (Wildman–Crippen MR) is 64.8 cm³/mol. The zero-order chi connectivity index (χ0) is 11.5. The first-order valence-corrected chi connectivity index (χ1v) is 5.98. The lowest BCUT2D eigenvalue weighted by Gasteiger charge is -2.02. The molecule has 82 valence electrons. The Balaban J connectivity index is 2.34. The van der Waals surface area contributed by atoms with Gasteiger partial charge in [-0.15, -0.1) is 0 Å². The van der Waals surface area contributed by atoms with Gasteiger partial charge in [-0.1, -0.05) is 17.8 Å². The summed E-state index contributed by atoms with van der Waals surface area (Å²) in [6.07, 6.45) is 1.35. The molecular weight excluding hydrogens is 292 g/mol. The fraction of sp³-hybridized carbons (Fsp3) is 0. The number of H-pyrrole nitrogens is 1. The van der Waals surface area contributed by atoms with Crippen molar-refractivity contribution in [3.05, 3.63) is 45.4 Å². The molecule has 0 atom stereocenters. The smallest absolute Gasteiger partial charge is 0.266 e. The number of nitrogens with zero attached hydrogens (tertiary/aromatic N) is 1. The van der Waals surface area contributed by atoms with Crippen molar-refractivity contribution in [1.29, 1.82) is 0 Å². The first-order chi connectivity index (χ1) is 7.66. The number of nitrogens with one attached hydrogen (secondary N) is 1. The van der Waals surface area contributed by atoms with Crippen molar-refractivity contribution in [1.82, 2.24) is 9.97 Å². The molecule has 1 heterocycles. The van der Waals surface area contributed by atoms with Crippen LogP contribution in [-0.4, -0.2) is 15.1 Å². The summed E-state index contributed by atoms with van der Waals surface area (Å²) in [6.45, 7) is 0. The Morgan fingerprint density at radius 3 is 3.00 bits per heavy atom. The highest BCUT2D eigenvalue weighted by Crippen LogP contribution is 2.30. The summed E-state index contributed by atoms with van der Waals surface area (Å²) in [5.74, 6) is 0.186. The molecule has 0 saturated carbocycles. The number of halogens is 1. The van der Waals surface area contributed by atoms with E-state index in [4.69, 9.17) is 0 Å². The van der Waals surface area contributed by atoms with Gasteiger partial charge >= 0.3 is 0 Å². The summed E-state index contributed by atoms with van der Waals surface area (Å²) >= 11 is 4.47. The zero-order valence-corrected chi connectivity index (χ0v) is 10.4. The number of aromatic amines is 1. The maximum Gasteiger partial charge on any atom is 0.266 e. The van der Waals surface area contributed by atoms with E-state index < -0.39 is 0 Å².